The SMILES string of the molecule is Cc1ccc(CNC(=O)N(C)Cc2cnn(Cc3ccccc3)c2)cc1. The molecule has 3 aromatic rings. The topological polar surface area (TPSA) is 50.2 Å². The number of hydrogen-bond acceptors (Lipinski definition) is 2. The molecule has 0 spiro atoms. The van der Waals surface area contributed by atoms with Crippen LogP contribution in [0.5, 0.6) is 0 Å². The third kappa shape index (κ3) is 4.96. The molecule has 2 amide bonds. The molecule has 26 heavy (non-hydrogen) atoms. The third-order valence-electron chi connectivity index (χ3n) is 4.20. The van der Waals surface area contributed by atoms with Crippen LogP contribution >= 0.6 is 0 Å². The molecule has 134 valence electrons. The molecule has 0 atom stereocenters. The molecule has 3 rings (SSSR count). The first-order valence-electron chi connectivity index (χ1n) is 8.70. The molecule has 0 saturated heterocycles. The molecule has 2 aromatic carbocycles. The number of carbonyl (C=O) groups excluding carboxylic acids is 1. The molecule has 0 aliphatic heterocycles. The van der Waals surface area contributed by atoms with Crippen LogP contribution in [-0.4, -0.2) is 27.8 Å². The van der Waals surface area contributed by atoms with Gasteiger partial charge in [-0.25, -0.2) is 4.79 Å². The average Bonchev–Trinajstić information content (AvgIpc) is 3.08. The van der Waals surface area contributed by atoms with Gasteiger partial charge in [0.25, 0.3) is 0 Å². The number of aryl methyl sites for hydroxylation is 1. The van der Waals surface area contributed by atoms with Crippen LogP contribution in [0.3, 0.4) is 0 Å². The van der Waals surface area contributed by atoms with Crippen molar-refractivity contribution in [2.24, 2.45) is 0 Å². The van der Waals surface area contributed by atoms with E-state index in [1.54, 1.807) is 11.9 Å². The third-order valence-corrected chi connectivity index (χ3v) is 4.20. The van der Waals surface area contributed by atoms with Gasteiger partial charge in [0, 0.05) is 25.4 Å². The minimum Gasteiger partial charge on any atom is -0.334 e. The minimum absolute atomic E-state index is 0.0959. The monoisotopic (exact) mass is 348 g/mol. The number of amides is 2. The number of benzene rings is 2. The first-order chi connectivity index (χ1) is 12.6. The predicted molar refractivity (Wildman–Crippen MR) is 103 cm³/mol. The highest BCUT2D eigenvalue weighted by atomic mass is 16.2. The Balaban J connectivity index is 1.50. The van der Waals surface area contributed by atoms with Crippen molar-refractivity contribution in [1.29, 1.82) is 0 Å². The first-order valence-corrected chi connectivity index (χ1v) is 8.70. The fraction of sp³-hybridized carbons (Fsp3) is 0.238. The summed E-state index contributed by atoms with van der Waals surface area (Å²) in [6.45, 7) is 3.82. The van der Waals surface area contributed by atoms with Crippen molar-refractivity contribution in [2.45, 2.75) is 26.6 Å². The van der Waals surface area contributed by atoms with Gasteiger partial charge in [-0.3, -0.25) is 4.68 Å². The van der Waals surface area contributed by atoms with Crippen molar-refractivity contribution < 1.29 is 4.79 Å². The highest BCUT2D eigenvalue weighted by molar-refractivity contribution is 5.73. The average molecular weight is 348 g/mol. The van der Waals surface area contributed by atoms with Crippen LogP contribution in [0.25, 0.3) is 0 Å². The molecule has 0 bridgehead atoms. The lowest BCUT2D eigenvalue weighted by Gasteiger charge is -2.17. The summed E-state index contributed by atoms with van der Waals surface area (Å²) in [5.41, 5.74) is 4.51. The number of aromatic nitrogens is 2. The molecule has 0 saturated carbocycles. The lowest BCUT2D eigenvalue weighted by Crippen LogP contribution is -2.36. The van der Waals surface area contributed by atoms with E-state index in [0.717, 1.165) is 17.7 Å². The fourth-order valence-electron chi connectivity index (χ4n) is 2.71. The largest absolute Gasteiger partial charge is 0.334 e. The van der Waals surface area contributed by atoms with Crippen molar-refractivity contribution in [2.75, 3.05) is 7.05 Å². The van der Waals surface area contributed by atoms with Gasteiger partial charge in [0.1, 0.15) is 0 Å². The van der Waals surface area contributed by atoms with Crippen molar-refractivity contribution in [3.8, 4) is 0 Å². The number of nitrogens with one attached hydrogen (secondary N) is 1. The molecule has 1 N–H and O–H groups in total. The summed E-state index contributed by atoms with van der Waals surface area (Å²) >= 11 is 0. The Morgan fingerprint density at radius 2 is 1.77 bits per heavy atom. The second kappa shape index (κ2) is 8.34. The first kappa shape index (κ1) is 17.7. The van der Waals surface area contributed by atoms with Crippen molar-refractivity contribution in [3.05, 3.63) is 89.2 Å². The van der Waals surface area contributed by atoms with E-state index in [1.165, 1.54) is 11.1 Å². The molecular weight excluding hydrogens is 324 g/mol. The van der Waals surface area contributed by atoms with E-state index in [9.17, 15) is 4.79 Å². The Morgan fingerprint density at radius 1 is 1.04 bits per heavy atom. The molecule has 0 radical (unpaired) electrons. The Kier molecular flexibility index (Phi) is 5.69. The predicted octanol–water partition coefficient (Wildman–Crippen LogP) is 3.58. The molecule has 0 aliphatic carbocycles. The zero-order valence-corrected chi connectivity index (χ0v) is 15.2. The van der Waals surface area contributed by atoms with Crippen LogP contribution < -0.4 is 5.32 Å². The Labute approximate surface area is 154 Å². The molecule has 0 aliphatic rings. The van der Waals surface area contributed by atoms with Crippen LogP contribution in [0.2, 0.25) is 0 Å². The Hall–Kier alpha value is -3.08. The summed E-state index contributed by atoms with van der Waals surface area (Å²) < 4.78 is 1.89. The fourth-order valence-corrected chi connectivity index (χ4v) is 2.71. The van der Waals surface area contributed by atoms with Gasteiger partial charge in [-0.1, -0.05) is 60.2 Å². The second-order valence-electron chi connectivity index (χ2n) is 6.53. The standard InChI is InChI=1S/C21H24N4O/c1-17-8-10-18(11-9-17)12-22-21(26)24(2)14-20-13-23-25(16-20)15-19-6-4-3-5-7-19/h3-11,13,16H,12,14-15H2,1-2H3,(H,22,26). The summed E-state index contributed by atoms with van der Waals surface area (Å²) in [6, 6.07) is 18.3. The highest BCUT2D eigenvalue weighted by Crippen LogP contribution is 2.07. The smallest absolute Gasteiger partial charge is 0.317 e. The number of carbonyl (C=O) groups is 1. The minimum atomic E-state index is -0.0959. The van der Waals surface area contributed by atoms with Crippen molar-refractivity contribution in [1.82, 2.24) is 20.0 Å². The van der Waals surface area contributed by atoms with Crippen LogP contribution in [0.15, 0.2) is 67.0 Å². The summed E-state index contributed by atoms with van der Waals surface area (Å²) in [4.78, 5) is 13.9. The maximum Gasteiger partial charge on any atom is 0.317 e. The molecule has 5 nitrogen and oxygen atoms in total. The summed E-state index contributed by atoms with van der Waals surface area (Å²) in [5.74, 6) is 0. The van der Waals surface area contributed by atoms with Gasteiger partial charge in [0.15, 0.2) is 0 Å². The summed E-state index contributed by atoms with van der Waals surface area (Å²) in [7, 11) is 1.79. The lowest BCUT2D eigenvalue weighted by molar-refractivity contribution is 0.206. The van der Waals surface area contributed by atoms with Crippen molar-refractivity contribution in [3.63, 3.8) is 0 Å². The van der Waals surface area contributed by atoms with E-state index in [-0.39, 0.29) is 6.03 Å². The van der Waals surface area contributed by atoms with Crippen LogP contribution in [0.1, 0.15) is 22.3 Å². The summed E-state index contributed by atoms with van der Waals surface area (Å²) in [6.07, 6.45) is 3.80. The van der Waals surface area contributed by atoms with Gasteiger partial charge in [-0.05, 0) is 18.1 Å². The van der Waals surface area contributed by atoms with E-state index >= 15 is 0 Å². The van der Waals surface area contributed by atoms with Crippen LogP contribution in [0.4, 0.5) is 4.79 Å². The van der Waals surface area contributed by atoms with E-state index in [0.29, 0.717) is 13.1 Å². The van der Waals surface area contributed by atoms with E-state index < -0.39 is 0 Å². The van der Waals surface area contributed by atoms with Gasteiger partial charge < -0.3 is 10.2 Å². The lowest BCUT2D eigenvalue weighted by atomic mass is 10.1. The van der Waals surface area contributed by atoms with Crippen LogP contribution in [-0.2, 0) is 19.6 Å². The molecular formula is C21H24N4O. The number of urea groups is 1. The number of rotatable bonds is 6. The maximum atomic E-state index is 12.3. The Morgan fingerprint density at radius 3 is 2.50 bits per heavy atom. The molecule has 1 aromatic heterocycles. The van der Waals surface area contributed by atoms with E-state index in [4.69, 9.17) is 0 Å². The van der Waals surface area contributed by atoms with Gasteiger partial charge in [0.2, 0.25) is 0 Å². The zero-order valence-electron chi connectivity index (χ0n) is 15.2. The second-order valence-corrected chi connectivity index (χ2v) is 6.53. The quantitative estimate of drug-likeness (QED) is 0.740. The Bertz CT molecular complexity index is 840. The van der Waals surface area contributed by atoms with Gasteiger partial charge in [-0.2, -0.15) is 5.10 Å². The van der Waals surface area contributed by atoms with Gasteiger partial charge in [0.05, 0.1) is 19.3 Å². The van der Waals surface area contributed by atoms with Crippen molar-refractivity contribution >= 4 is 6.03 Å². The zero-order chi connectivity index (χ0) is 18.4. The highest BCUT2D eigenvalue weighted by Gasteiger charge is 2.10. The summed E-state index contributed by atoms with van der Waals surface area (Å²) in [5, 5.41) is 7.33. The van der Waals surface area contributed by atoms with Gasteiger partial charge >= 0.3 is 6.03 Å². The molecule has 0 fully saturated rings. The normalized spacial score (nSPS) is 10.5. The molecule has 5 heteroatoms. The number of nitrogens with zero attached hydrogens (tertiary/aromatic N) is 3. The number of hydrogen-bond donors (Lipinski definition) is 1. The van der Waals surface area contributed by atoms with E-state index in [2.05, 4.69) is 22.5 Å². The maximum absolute atomic E-state index is 12.3. The molecule has 1 heterocycles. The van der Waals surface area contributed by atoms with E-state index in [1.807, 2.05) is 66.5 Å². The molecule has 0 unspecified atom stereocenters. The van der Waals surface area contributed by atoms with Crippen LogP contribution in [0, 0.1) is 6.92 Å². The van der Waals surface area contributed by atoms with Gasteiger partial charge in [-0.15, -0.1) is 0 Å².